The van der Waals surface area contributed by atoms with Gasteiger partial charge in [-0.15, -0.1) is 0 Å². The molecule has 1 heterocycles. The second-order valence-electron chi connectivity index (χ2n) is 5.01. The van der Waals surface area contributed by atoms with Crippen LogP contribution in [0.15, 0.2) is 18.2 Å². The molecule has 21 heavy (non-hydrogen) atoms. The summed E-state index contributed by atoms with van der Waals surface area (Å²) < 4.78 is 7.36. The molecule has 0 fully saturated rings. The number of anilines is 1. The molecule has 0 unspecified atom stereocenters. The summed E-state index contributed by atoms with van der Waals surface area (Å²) in [6, 6.07) is 5.75. The summed E-state index contributed by atoms with van der Waals surface area (Å²) in [6.07, 6.45) is 1.08. The van der Waals surface area contributed by atoms with Crippen molar-refractivity contribution in [2.24, 2.45) is 0 Å². The van der Waals surface area contributed by atoms with Gasteiger partial charge in [-0.1, -0.05) is 29.7 Å². The van der Waals surface area contributed by atoms with Crippen molar-refractivity contribution in [3.8, 4) is 5.75 Å². The lowest BCUT2D eigenvalue weighted by atomic mass is 10.2. The summed E-state index contributed by atoms with van der Waals surface area (Å²) in [5.74, 6) is 1.36. The minimum Gasteiger partial charge on any atom is -0.489 e. The first-order valence-corrected chi connectivity index (χ1v) is 7.43. The predicted octanol–water partition coefficient (Wildman–Crippen LogP) is 3.14. The van der Waals surface area contributed by atoms with Gasteiger partial charge in [0.2, 0.25) is 5.95 Å². The van der Waals surface area contributed by atoms with Gasteiger partial charge in [-0.2, -0.15) is 0 Å². The molecular weight excluding hydrogens is 290 g/mol. The molecule has 0 bridgehead atoms. The molecule has 0 saturated heterocycles. The first-order chi connectivity index (χ1) is 10.1. The number of rotatable bonds is 7. The van der Waals surface area contributed by atoms with Gasteiger partial charge in [-0.25, -0.2) is 4.68 Å². The molecule has 6 nitrogen and oxygen atoms in total. The van der Waals surface area contributed by atoms with E-state index in [0.717, 1.165) is 18.5 Å². The van der Waals surface area contributed by atoms with E-state index in [1.165, 1.54) is 0 Å². The Bertz CT molecular complexity index is 584. The molecule has 1 N–H and O–H groups in total. The predicted molar refractivity (Wildman–Crippen MR) is 82.7 cm³/mol. The molecule has 2 rings (SSSR count). The molecule has 2 aromatic rings. The molecule has 1 aromatic heterocycles. The fourth-order valence-corrected chi connectivity index (χ4v) is 2.13. The van der Waals surface area contributed by atoms with E-state index >= 15 is 0 Å². The van der Waals surface area contributed by atoms with E-state index in [-0.39, 0.29) is 6.10 Å². The van der Waals surface area contributed by atoms with E-state index in [2.05, 4.69) is 27.8 Å². The second-order valence-corrected chi connectivity index (χ2v) is 5.42. The second kappa shape index (κ2) is 7.26. The quantitative estimate of drug-likeness (QED) is 0.851. The van der Waals surface area contributed by atoms with Crippen LogP contribution < -0.4 is 10.1 Å². The maximum absolute atomic E-state index is 6.22. The minimum atomic E-state index is 0.102. The lowest BCUT2D eigenvalue weighted by molar-refractivity contribution is 0.242. The van der Waals surface area contributed by atoms with Gasteiger partial charge < -0.3 is 10.1 Å². The van der Waals surface area contributed by atoms with Gasteiger partial charge in [0.25, 0.3) is 0 Å². The maximum Gasteiger partial charge on any atom is 0.243 e. The Morgan fingerprint density at radius 3 is 2.86 bits per heavy atom. The summed E-state index contributed by atoms with van der Waals surface area (Å²) in [6.45, 7) is 7.42. The number of hydrogen-bond acceptors (Lipinski definition) is 5. The van der Waals surface area contributed by atoms with Crippen molar-refractivity contribution in [1.82, 2.24) is 20.2 Å². The normalized spacial score (nSPS) is 10.9. The van der Waals surface area contributed by atoms with Gasteiger partial charge in [0.1, 0.15) is 5.75 Å². The average molecular weight is 310 g/mol. The molecule has 0 atom stereocenters. The molecule has 0 amide bonds. The number of ether oxygens (including phenoxy) is 1. The van der Waals surface area contributed by atoms with Gasteiger partial charge >= 0.3 is 0 Å². The van der Waals surface area contributed by atoms with Crippen LogP contribution in [-0.2, 0) is 13.1 Å². The van der Waals surface area contributed by atoms with Crippen LogP contribution in [0.1, 0.15) is 32.8 Å². The van der Waals surface area contributed by atoms with E-state index in [9.17, 15) is 0 Å². The number of nitrogens with one attached hydrogen (secondary N) is 1. The lowest BCUT2D eigenvalue weighted by Crippen LogP contribution is -2.09. The largest absolute Gasteiger partial charge is 0.489 e. The molecule has 0 aliphatic carbocycles. The smallest absolute Gasteiger partial charge is 0.243 e. The Kier molecular flexibility index (Phi) is 5.38. The number of benzene rings is 1. The van der Waals surface area contributed by atoms with E-state index in [1.54, 1.807) is 4.68 Å². The van der Waals surface area contributed by atoms with Crippen molar-refractivity contribution in [1.29, 1.82) is 0 Å². The number of halogens is 1. The number of nitrogens with zero attached hydrogens (tertiary/aromatic N) is 4. The number of tetrazole rings is 1. The van der Waals surface area contributed by atoms with Gasteiger partial charge in [-0.3, -0.25) is 0 Å². The molecular formula is C14H20ClN5O. The van der Waals surface area contributed by atoms with Crippen LogP contribution in [0.2, 0.25) is 5.02 Å². The molecule has 0 aliphatic heterocycles. The Morgan fingerprint density at radius 1 is 1.38 bits per heavy atom. The van der Waals surface area contributed by atoms with Crippen LogP contribution in [0.3, 0.4) is 0 Å². The van der Waals surface area contributed by atoms with Gasteiger partial charge in [0.05, 0.1) is 11.1 Å². The molecule has 1 aromatic carbocycles. The third kappa shape index (κ3) is 4.32. The standard InChI is InChI=1S/C14H20ClN5O/c1-4-7-20-14(17-18-19-20)16-9-11-5-6-13(12(15)8-11)21-10(2)3/h5-6,8,10H,4,7,9H2,1-3H3,(H,16,17,19). The fraction of sp³-hybridized carbons (Fsp3) is 0.500. The van der Waals surface area contributed by atoms with Crippen molar-refractivity contribution >= 4 is 17.5 Å². The minimum absolute atomic E-state index is 0.102. The van der Waals surface area contributed by atoms with Crippen molar-refractivity contribution in [3.63, 3.8) is 0 Å². The molecule has 0 saturated carbocycles. The summed E-state index contributed by atoms with van der Waals surface area (Å²) in [4.78, 5) is 0. The van der Waals surface area contributed by atoms with Crippen LogP contribution in [-0.4, -0.2) is 26.3 Å². The SMILES string of the molecule is CCCn1nnnc1NCc1ccc(OC(C)C)c(Cl)c1. The van der Waals surface area contributed by atoms with E-state index in [1.807, 2.05) is 32.0 Å². The van der Waals surface area contributed by atoms with E-state index in [4.69, 9.17) is 16.3 Å². The maximum atomic E-state index is 6.22. The number of aromatic nitrogens is 4. The first-order valence-electron chi connectivity index (χ1n) is 7.05. The van der Waals surface area contributed by atoms with Gasteiger partial charge in [-0.05, 0) is 48.4 Å². The van der Waals surface area contributed by atoms with Crippen molar-refractivity contribution in [2.75, 3.05) is 5.32 Å². The Morgan fingerprint density at radius 2 is 2.19 bits per heavy atom. The zero-order chi connectivity index (χ0) is 15.2. The van der Waals surface area contributed by atoms with Crippen molar-refractivity contribution in [2.45, 2.75) is 46.4 Å². The highest BCUT2D eigenvalue weighted by Crippen LogP contribution is 2.26. The summed E-state index contributed by atoms with van der Waals surface area (Å²) in [7, 11) is 0. The van der Waals surface area contributed by atoms with Crippen LogP contribution in [0.5, 0.6) is 5.75 Å². The molecule has 0 radical (unpaired) electrons. The van der Waals surface area contributed by atoms with Crippen LogP contribution in [0.4, 0.5) is 5.95 Å². The monoisotopic (exact) mass is 309 g/mol. The molecule has 7 heteroatoms. The first kappa shape index (κ1) is 15.6. The molecule has 0 aliphatic rings. The third-order valence-electron chi connectivity index (χ3n) is 2.78. The highest BCUT2D eigenvalue weighted by molar-refractivity contribution is 6.32. The topological polar surface area (TPSA) is 64.9 Å². The summed E-state index contributed by atoms with van der Waals surface area (Å²) in [5.41, 5.74) is 1.04. The van der Waals surface area contributed by atoms with Gasteiger partial charge in [0, 0.05) is 13.1 Å². The number of aryl methyl sites for hydroxylation is 1. The highest BCUT2D eigenvalue weighted by atomic mass is 35.5. The molecule has 114 valence electrons. The zero-order valence-electron chi connectivity index (χ0n) is 12.5. The van der Waals surface area contributed by atoms with Crippen LogP contribution in [0, 0.1) is 0 Å². The molecule has 0 spiro atoms. The Hall–Kier alpha value is -1.82. The third-order valence-corrected chi connectivity index (χ3v) is 3.07. The Labute approximate surface area is 129 Å². The van der Waals surface area contributed by atoms with Crippen LogP contribution in [0.25, 0.3) is 0 Å². The summed E-state index contributed by atoms with van der Waals surface area (Å²) >= 11 is 6.22. The zero-order valence-corrected chi connectivity index (χ0v) is 13.3. The summed E-state index contributed by atoms with van der Waals surface area (Å²) in [5, 5.41) is 15.4. The Balaban J connectivity index is 2.00. The average Bonchev–Trinajstić information content (AvgIpc) is 2.87. The van der Waals surface area contributed by atoms with Crippen molar-refractivity contribution in [3.05, 3.63) is 28.8 Å². The van der Waals surface area contributed by atoms with Gasteiger partial charge in [0.15, 0.2) is 0 Å². The number of hydrogen-bond donors (Lipinski definition) is 1. The highest BCUT2D eigenvalue weighted by Gasteiger charge is 2.07. The van der Waals surface area contributed by atoms with E-state index < -0.39 is 0 Å². The van der Waals surface area contributed by atoms with Crippen molar-refractivity contribution < 1.29 is 4.74 Å². The lowest BCUT2D eigenvalue weighted by Gasteiger charge is -2.12. The van der Waals surface area contributed by atoms with Crippen LogP contribution >= 0.6 is 11.6 Å². The fourth-order valence-electron chi connectivity index (χ4n) is 1.88. The van der Waals surface area contributed by atoms with E-state index in [0.29, 0.717) is 23.3 Å².